The summed E-state index contributed by atoms with van der Waals surface area (Å²) >= 11 is 1.74. The quantitative estimate of drug-likeness (QED) is 0.613. The molecule has 0 radical (unpaired) electrons. The van der Waals surface area contributed by atoms with Crippen molar-refractivity contribution >= 4 is 17.3 Å². The van der Waals surface area contributed by atoms with Gasteiger partial charge in [-0.25, -0.2) is 4.98 Å². The topological polar surface area (TPSA) is 58.5 Å². The summed E-state index contributed by atoms with van der Waals surface area (Å²) < 4.78 is 6.46. The van der Waals surface area contributed by atoms with Gasteiger partial charge in [0.1, 0.15) is 16.4 Å². The first-order chi connectivity index (χ1) is 13.1. The van der Waals surface area contributed by atoms with Crippen molar-refractivity contribution in [1.29, 1.82) is 0 Å². The number of aromatic nitrogens is 1. The predicted octanol–water partition coefficient (Wildman–Crippen LogP) is 4.26. The van der Waals surface area contributed by atoms with E-state index < -0.39 is 0 Å². The Kier molecular flexibility index (Phi) is 5.08. The Labute approximate surface area is 165 Å². The van der Waals surface area contributed by atoms with Crippen LogP contribution in [0.25, 0.3) is 0 Å². The fraction of sp³-hybridized carbons (Fsp3) is 0.524. The lowest BCUT2D eigenvalue weighted by Crippen LogP contribution is -2.46. The van der Waals surface area contributed by atoms with E-state index in [4.69, 9.17) is 4.74 Å². The summed E-state index contributed by atoms with van der Waals surface area (Å²) in [6, 6.07) is 8.61. The molecule has 1 saturated carbocycles. The minimum Gasteiger partial charge on any atom is -0.487 e. The minimum absolute atomic E-state index is 0.0194. The fourth-order valence-corrected chi connectivity index (χ4v) is 5.08. The van der Waals surface area contributed by atoms with E-state index in [-0.39, 0.29) is 11.6 Å². The van der Waals surface area contributed by atoms with Crippen molar-refractivity contribution in [2.75, 3.05) is 7.05 Å². The third kappa shape index (κ3) is 3.81. The number of fused-ring (bicyclic) bond motifs is 1. The molecule has 0 amide bonds. The first kappa shape index (κ1) is 18.3. The van der Waals surface area contributed by atoms with Crippen LogP contribution in [0.2, 0.25) is 0 Å². The number of benzene rings is 1. The van der Waals surface area contributed by atoms with Crippen molar-refractivity contribution in [2.45, 2.75) is 64.1 Å². The van der Waals surface area contributed by atoms with Crippen LogP contribution >= 0.6 is 11.3 Å². The van der Waals surface area contributed by atoms with Crippen LogP contribution in [0.3, 0.4) is 0 Å². The van der Waals surface area contributed by atoms with E-state index in [1.54, 1.807) is 11.3 Å². The Bertz CT molecular complexity index is 819. The summed E-state index contributed by atoms with van der Waals surface area (Å²) in [4.78, 5) is 10.3. The Morgan fingerprint density at radius 3 is 2.78 bits per heavy atom. The van der Waals surface area contributed by atoms with Crippen molar-refractivity contribution in [3.63, 3.8) is 0 Å². The minimum atomic E-state index is -0.0194. The molecule has 1 aromatic carbocycles. The SMILES string of the molecule is CN=C(NCc1nc(C)c(C)s1)NC1CC2(CCCC2)Oc2ccccc21. The first-order valence-electron chi connectivity index (χ1n) is 9.77. The van der Waals surface area contributed by atoms with Crippen LogP contribution in [0, 0.1) is 13.8 Å². The number of hydrogen-bond donors (Lipinski definition) is 2. The zero-order valence-corrected chi connectivity index (χ0v) is 17.2. The van der Waals surface area contributed by atoms with Gasteiger partial charge in [-0.2, -0.15) is 0 Å². The zero-order chi connectivity index (χ0) is 18.9. The molecule has 1 atom stereocenters. The molecular weight excluding hydrogens is 356 g/mol. The molecule has 2 N–H and O–H groups in total. The number of para-hydroxylation sites is 1. The molecule has 4 rings (SSSR count). The van der Waals surface area contributed by atoms with Gasteiger partial charge in [0.2, 0.25) is 0 Å². The summed E-state index contributed by atoms with van der Waals surface area (Å²) in [6.07, 6.45) is 5.78. The third-order valence-electron chi connectivity index (χ3n) is 5.73. The molecule has 144 valence electrons. The molecule has 1 aliphatic heterocycles. The van der Waals surface area contributed by atoms with Crippen molar-refractivity contribution in [2.24, 2.45) is 4.99 Å². The van der Waals surface area contributed by atoms with Crippen LogP contribution in [0.5, 0.6) is 5.75 Å². The van der Waals surface area contributed by atoms with E-state index >= 15 is 0 Å². The summed E-state index contributed by atoms with van der Waals surface area (Å²) in [7, 11) is 1.82. The van der Waals surface area contributed by atoms with Gasteiger partial charge in [-0.3, -0.25) is 4.99 Å². The molecule has 6 heteroatoms. The lowest BCUT2D eigenvalue weighted by molar-refractivity contribution is 0.0396. The molecular formula is C21H28N4OS. The molecule has 2 aliphatic rings. The van der Waals surface area contributed by atoms with E-state index in [2.05, 4.69) is 58.7 Å². The molecule has 1 fully saturated rings. The highest BCUT2D eigenvalue weighted by atomic mass is 32.1. The summed E-state index contributed by atoms with van der Waals surface area (Å²) in [5, 5.41) is 8.16. The van der Waals surface area contributed by atoms with Crippen molar-refractivity contribution < 1.29 is 4.74 Å². The second-order valence-corrected chi connectivity index (χ2v) is 8.89. The molecule has 1 unspecified atom stereocenters. The number of ether oxygens (including phenoxy) is 1. The van der Waals surface area contributed by atoms with Gasteiger partial charge in [-0.15, -0.1) is 11.3 Å². The van der Waals surface area contributed by atoms with Gasteiger partial charge in [0.05, 0.1) is 18.3 Å². The smallest absolute Gasteiger partial charge is 0.191 e. The lowest BCUT2D eigenvalue weighted by atomic mass is 9.86. The molecule has 0 saturated heterocycles. The number of guanidine groups is 1. The van der Waals surface area contributed by atoms with Crippen LogP contribution in [0.15, 0.2) is 29.3 Å². The largest absolute Gasteiger partial charge is 0.487 e. The highest BCUT2D eigenvalue weighted by Crippen LogP contribution is 2.46. The van der Waals surface area contributed by atoms with E-state index in [1.807, 2.05) is 7.05 Å². The maximum Gasteiger partial charge on any atom is 0.191 e. The van der Waals surface area contributed by atoms with Gasteiger partial charge in [0, 0.05) is 23.9 Å². The number of nitrogens with zero attached hydrogens (tertiary/aromatic N) is 2. The van der Waals surface area contributed by atoms with Crippen LogP contribution in [-0.4, -0.2) is 23.6 Å². The van der Waals surface area contributed by atoms with Crippen LogP contribution < -0.4 is 15.4 Å². The van der Waals surface area contributed by atoms with Crippen molar-refractivity contribution in [3.05, 3.63) is 45.4 Å². The van der Waals surface area contributed by atoms with E-state index in [0.29, 0.717) is 6.54 Å². The van der Waals surface area contributed by atoms with Gasteiger partial charge in [-0.1, -0.05) is 18.2 Å². The van der Waals surface area contributed by atoms with Gasteiger partial charge < -0.3 is 15.4 Å². The van der Waals surface area contributed by atoms with Crippen LogP contribution in [0.4, 0.5) is 0 Å². The molecule has 1 aromatic heterocycles. The fourth-order valence-electron chi connectivity index (χ4n) is 4.21. The number of aryl methyl sites for hydroxylation is 2. The number of aliphatic imine (C=N–C) groups is 1. The first-order valence-corrected chi connectivity index (χ1v) is 10.6. The van der Waals surface area contributed by atoms with E-state index in [0.717, 1.165) is 41.7 Å². The molecule has 1 aliphatic carbocycles. The number of hydrogen-bond acceptors (Lipinski definition) is 4. The average molecular weight is 385 g/mol. The number of rotatable bonds is 3. The molecule has 5 nitrogen and oxygen atoms in total. The van der Waals surface area contributed by atoms with Gasteiger partial charge >= 0.3 is 0 Å². The Morgan fingerprint density at radius 2 is 2.07 bits per heavy atom. The molecule has 0 bridgehead atoms. The highest BCUT2D eigenvalue weighted by Gasteiger charge is 2.43. The molecule has 1 spiro atoms. The van der Waals surface area contributed by atoms with Crippen LogP contribution in [-0.2, 0) is 6.54 Å². The normalized spacial score (nSPS) is 21.0. The summed E-state index contributed by atoms with van der Waals surface area (Å²) in [6.45, 7) is 4.86. The Morgan fingerprint density at radius 1 is 1.30 bits per heavy atom. The monoisotopic (exact) mass is 384 g/mol. The van der Waals surface area contributed by atoms with Gasteiger partial charge in [0.25, 0.3) is 0 Å². The van der Waals surface area contributed by atoms with Crippen LogP contribution in [0.1, 0.15) is 59.3 Å². The molecule has 2 heterocycles. The van der Waals surface area contributed by atoms with Gasteiger partial charge in [0.15, 0.2) is 5.96 Å². The predicted molar refractivity (Wildman–Crippen MR) is 111 cm³/mol. The van der Waals surface area contributed by atoms with E-state index in [9.17, 15) is 0 Å². The maximum absolute atomic E-state index is 6.46. The second-order valence-electron chi connectivity index (χ2n) is 7.61. The standard InChI is InChI=1S/C21H28N4OS/c1-14-15(2)27-19(24-14)13-23-20(22-3)25-17-12-21(10-6-7-11-21)26-18-9-5-4-8-16(17)18/h4-5,8-9,17H,6-7,10-13H2,1-3H3,(H2,22,23,25). The summed E-state index contributed by atoms with van der Waals surface area (Å²) in [5.74, 6) is 1.83. The Hall–Kier alpha value is -2.08. The number of thiazole rings is 1. The zero-order valence-electron chi connectivity index (χ0n) is 16.3. The summed E-state index contributed by atoms with van der Waals surface area (Å²) in [5.41, 5.74) is 2.31. The van der Waals surface area contributed by atoms with Crippen molar-refractivity contribution in [1.82, 2.24) is 15.6 Å². The number of nitrogens with one attached hydrogen (secondary N) is 2. The lowest BCUT2D eigenvalue weighted by Gasteiger charge is -2.40. The third-order valence-corrected chi connectivity index (χ3v) is 6.80. The molecule has 2 aromatic rings. The average Bonchev–Trinajstić information content (AvgIpc) is 3.24. The Balaban J connectivity index is 1.49. The maximum atomic E-state index is 6.46. The van der Waals surface area contributed by atoms with Gasteiger partial charge in [-0.05, 0) is 45.6 Å². The van der Waals surface area contributed by atoms with E-state index in [1.165, 1.54) is 23.3 Å². The molecule has 27 heavy (non-hydrogen) atoms. The second kappa shape index (κ2) is 7.50. The van der Waals surface area contributed by atoms with Crippen molar-refractivity contribution in [3.8, 4) is 5.75 Å². The highest BCUT2D eigenvalue weighted by molar-refractivity contribution is 7.11.